The second-order valence-electron chi connectivity index (χ2n) is 7.41. The highest BCUT2D eigenvalue weighted by molar-refractivity contribution is 6.74. The van der Waals surface area contributed by atoms with E-state index in [0.29, 0.717) is 5.92 Å². The minimum absolute atomic E-state index is 0.0158. The number of hydrogen-bond acceptors (Lipinski definition) is 3. The standard InChI is InChI=1S/C13H29BO3Si/c1-10-7-8-12(11(9-10)14(15)16)17-18(5,6)13(2,3)4/h10-12,15-16H,7-9H2,1-6H3. The zero-order valence-corrected chi connectivity index (χ0v) is 13.7. The molecular formula is C13H29BO3Si. The molecule has 0 aliphatic heterocycles. The summed E-state index contributed by atoms with van der Waals surface area (Å²) in [6, 6.07) is 0. The molecule has 0 aromatic rings. The smallest absolute Gasteiger partial charge is 0.427 e. The fraction of sp³-hybridized carbons (Fsp3) is 1.00. The van der Waals surface area contributed by atoms with Gasteiger partial charge in [-0.1, -0.05) is 27.7 Å². The van der Waals surface area contributed by atoms with E-state index in [9.17, 15) is 10.0 Å². The normalized spacial score (nSPS) is 30.3. The maximum Gasteiger partial charge on any atom is 0.457 e. The van der Waals surface area contributed by atoms with Crippen molar-refractivity contribution in [2.24, 2.45) is 5.92 Å². The predicted molar refractivity (Wildman–Crippen MR) is 79.0 cm³/mol. The Labute approximate surface area is 113 Å². The van der Waals surface area contributed by atoms with Crippen LogP contribution in [0.4, 0.5) is 0 Å². The molecule has 0 aromatic heterocycles. The Bertz CT molecular complexity index is 276. The van der Waals surface area contributed by atoms with Crippen LogP contribution < -0.4 is 0 Å². The van der Waals surface area contributed by atoms with E-state index in [0.717, 1.165) is 19.3 Å². The number of rotatable bonds is 3. The van der Waals surface area contributed by atoms with Crippen LogP contribution in [0, 0.1) is 5.92 Å². The molecule has 0 saturated heterocycles. The van der Waals surface area contributed by atoms with Crippen molar-refractivity contribution in [3.8, 4) is 0 Å². The fourth-order valence-corrected chi connectivity index (χ4v) is 3.82. The molecule has 0 amide bonds. The molecule has 1 aliphatic rings. The molecule has 3 atom stereocenters. The van der Waals surface area contributed by atoms with Crippen molar-refractivity contribution in [3.05, 3.63) is 0 Å². The maximum absolute atomic E-state index is 9.56. The van der Waals surface area contributed by atoms with E-state index in [4.69, 9.17) is 4.43 Å². The third kappa shape index (κ3) is 3.83. The van der Waals surface area contributed by atoms with Gasteiger partial charge in [-0.3, -0.25) is 0 Å². The van der Waals surface area contributed by atoms with Gasteiger partial charge >= 0.3 is 7.12 Å². The Kier molecular flexibility index (Phi) is 5.09. The van der Waals surface area contributed by atoms with Crippen LogP contribution in [-0.2, 0) is 4.43 Å². The summed E-state index contributed by atoms with van der Waals surface area (Å²) in [5.41, 5.74) is 0. The van der Waals surface area contributed by atoms with Crippen LogP contribution in [0.2, 0.25) is 23.9 Å². The van der Waals surface area contributed by atoms with Crippen molar-refractivity contribution in [3.63, 3.8) is 0 Å². The summed E-state index contributed by atoms with van der Waals surface area (Å²) >= 11 is 0. The highest BCUT2D eigenvalue weighted by Gasteiger charge is 2.44. The monoisotopic (exact) mass is 272 g/mol. The lowest BCUT2D eigenvalue weighted by Crippen LogP contribution is -2.48. The first-order valence-corrected chi connectivity index (χ1v) is 9.99. The van der Waals surface area contributed by atoms with Gasteiger partial charge in [0.25, 0.3) is 0 Å². The van der Waals surface area contributed by atoms with Crippen LogP contribution in [0.3, 0.4) is 0 Å². The van der Waals surface area contributed by atoms with Crippen molar-refractivity contribution >= 4 is 15.4 Å². The SMILES string of the molecule is CC1CCC(O[Si](C)(C)C(C)(C)C)C(B(O)O)C1. The van der Waals surface area contributed by atoms with Gasteiger partial charge in [0.2, 0.25) is 0 Å². The van der Waals surface area contributed by atoms with Crippen molar-refractivity contribution in [2.45, 2.75) is 77.0 Å². The first-order chi connectivity index (χ1) is 8.04. The average Bonchev–Trinajstić information content (AvgIpc) is 2.18. The van der Waals surface area contributed by atoms with Gasteiger partial charge in [0, 0.05) is 11.9 Å². The molecule has 0 heterocycles. The second-order valence-corrected chi connectivity index (χ2v) is 12.2. The van der Waals surface area contributed by atoms with Crippen molar-refractivity contribution in [1.29, 1.82) is 0 Å². The summed E-state index contributed by atoms with van der Waals surface area (Å²) in [5.74, 6) is 0.443. The highest BCUT2D eigenvalue weighted by Crippen LogP contribution is 2.43. The summed E-state index contributed by atoms with van der Waals surface area (Å²) in [5, 5.41) is 19.3. The molecule has 1 saturated carbocycles. The molecule has 106 valence electrons. The number of hydrogen-bond donors (Lipinski definition) is 2. The van der Waals surface area contributed by atoms with Gasteiger partial charge in [-0.25, -0.2) is 0 Å². The summed E-state index contributed by atoms with van der Waals surface area (Å²) in [7, 11) is -3.07. The first-order valence-electron chi connectivity index (χ1n) is 7.08. The first kappa shape index (κ1) is 16.2. The third-order valence-electron chi connectivity index (χ3n) is 4.73. The fourth-order valence-electron chi connectivity index (χ4n) is 2.41. The second kappa shape index (κ2) is 5.65. The zero-order chi connectivity index (χ0) is 14.1. The van der Waals surface area contributed by atoms with E-state index < -0.39 is 15.4 Å². The summed E-state index contributed by atoms with van der Waals surface area (Å²) in [4.78, 5) is 0. The van der Waals surface area contributed by atoms with Crippen molar-refractivity contribution < 1.29 is 14.5 Å². The lowest BCUT2D eigenvalue weighted by atomic mass is 9.61. The molecule has 0 radical (unpaired) electrons. The van der Waals surface area contributed by atoms with E-state index in [1.165, 1.54) is 0 Å². The molecule has 18 heavy (non-hydrogen) atoms. The van der Waals surface area contributed by atoms with Crippen LogP contribution in [0.15, 0.2) is 0 Å². The quantitative estimate of drug-likeness (QED) is 0.776. The Morgan fingerprint density at radius 3 is 2.17 bits per heavy atom. The van der Waals surface area contributed by atoms with Crippen LogP contribution in [0.25, 0.3) is 0 Å². The predicted octanol–water partition coefficient (Wildman–Crippen LogP) is 3.04. The third-order valence-corrected chi connectivity index (χ3v) is 9.24. The minimum Gasteiger partial charge on any atom is -0.427 e. The van der Waals surface area contributed by atoms with Crippen LogP contribution in [-0.4, -0.2) is 31.6 Å². The zero-order valence-electron chi connectivity index (χ0n) is 12.7. The van der Waals surface area contributed by atoms with Crippen LogP contribution >= 0.6 is 0 Å². The van der Waals surface area contributed by atoms with Gasteiger partial charge < -0.3 is 14.5 Å². The molecule has 3 nitrogen and oxygen atoms in total. The van der Waals surface area contributed by atoms with Crippen LogP contribution in [0.1, 0.15) is 47.0 Å². The van der Waals surface area contributed by atoms with Gasteiger partial charge in [-0.15, -0.1) is 0 Å². The minimum atomic E-state index is -1.82. The summed E-state index contributed by atoms with van der Waals surface area (Å²) in [6.45, 7) is 13.3. The van der Waals surface area contributed by atoms with Gasteiger partial charge in [0.15, 0.2) is 8.32 Å². The molecule has 1 aliphatic carbocycles. The molecule has 1 fully saturated rings. The van der Waals surface area contributed by atoms with Crippen molar-refractivity contribution in [1.82, 2.24) is 0 Å². The summed E-state index contributed by atoms with van der Waals surface area (Å²) < 4.78 is 6.38. The topological polar surface area (TPSA) is 49.7 Å². The molecular weight excluding hydrogens is 243 g/mol. The molecule has 0 bridgehead atoms. The van der Waals surface area contributed by atoms with Gasteiger partial charge in [0.05, 0.1) is 0 Å². The van der Waals surface area contributed by atoms with E-state index in [1.54, 1.807) is 0 Å². The average molecular weight is 272 g/mol. The van der Waals surface area contributed by atoms with Crippen molar-refractivity contribution in [2.75, 3.05) is 0 Å². The lowest BCUT2D eigenvalue weighted by molar-refractivity contribution is 0.106. The van der Waals surface area contributed by atoms with Gasteiger partial charge in [-0.2, -0.15) is 0 Å². The maximum atomic E-state index is 9.56. The van der Waals surface area contributed by atoms with E-state index >= 15 is 0 Å². The van der Waals surface area contributed by atoms with E-state index in [-0.39, 0.29) is 17.0 Å². The van der Waals surface area contributed by atoms with E-state index in [1.807, 2.05) is 0 Å². The molecule has 2 N–H and O–H groups in total. The van der Waals surface area contributed by atoms with Gasteiger partial charge in [0.1, 0.15) is 0 Å². The Morgan fingerprint density at radius 2 is 1.72 bits per heavy atom. The molecule has 0 aromatic carbocycles. The lowest BCUT2D eigenvalue weighted by Gasteiger charge is -2.43. The van der Waals surface area contributed by atoms with Crippen LogP contribution in [0.5, 0.6) is 0 Å². The summed E-state index contributed by atoms with van der Waals surface area (Å²) in [6.07, 6.45) is 2.96. The largest absolute Gasteiger partial charge is 0.457 e. The molecule has 1 rings (SSSR count). The Morgan fingerprint density at radius 1 is 1.17 bits per heavy atom. The van der Waals surface area contributed by atoms with E-state index in [2.05, 4.69) is 40.8 Å². The van der Waals surface area contributed by atoms with Gasteiger partial charge in [-0.05, 0) is 43.3 Å². The molecule has 0 spiro atoms. The highest BCUT2D eigenvalue weighted by atomic mass is 28.4. The molecule has 3 unspecified atom stereocenters. The Balaban J connectivity index is 2.75. The molecule has 5 heteroatoms. The Hall–Kier alpha value is 0.162.